The molecular weight excluding hydrogens is 252 g/mol. The molecule has 0 aliphatic carbocycles. The number of nitrogens with one attached hydrogen (secondary N) is 2. The molecule has 0 saturated carbocycles. The Morgan fingerprint density at radius 3 is 3.00 bits per heavy atom. The van der Waals surface area contributed by atoms with Crippen LogP contribution < -0.4 is 10.6 Å². The SMILES string of the molecule is Cc1cc(C(=O)NCC[C@H]2CCCN2)n(C)n1.Cl. The molecule has 2 rings (SSSR count). The van der Waals surface area contributed by atoms with Crippen LogP contribution in [-0.2, 0) is 7.05 Å². The van der Waals surface area contributed by atoms with E-state index in [2.05, 4.69) is 15.7 Å². The van der Waals surface area contributed by atoms with E-state index >= 15 is 0 Å². The molecule has 1 aromatic heterocycles. The zero-order valence-corrected chi connectivity index (χ0v) is 11.7. The van der Waals surface area contributed by atoms with Crippen molar-refractivity contribution in [3.63, 3.8) is 0 Å². The minimum atomic E-state index is -0.0360. The summed E-state index contributed by atoms with van der Waals surface area (Å²) in [7, 11) is 1.79. The largest absolute Gasteiger partial charge is 0.351 e. The maximum absolute atomic E-state index is 11.9. The van der Waals surface area contributed by atoms with Gasteiger partial charge in [0.05, 0.1) is 5.69 Å². The van der Waals surface area contributed by atoms with Crippen LogP contribution in [0, 0.1) is 6.92 Å². The minimum absolute atomic E-state index is 0. The van der Waals surface area contributed by atoms with Gasteiger partial charge in [0.2, 0.25) is 0 Å². The lowest BCUT2D eigenvalue weighted by molar-refractivity contribution is 0.0943. The van der Waals surface area contributed by atoms with E-state index < -0.39 is 0 Å². The van der Waals surface area contributed by atoms with E-state index in [1.165, 1.54) is 12.8 Å². The Hall–Kier alpha value is -1.07. The second-order valence-corrected chi connectivity index (χ2v) is 4.63. The van der Waals surface area contributed by atoms with Crippen molar-refractivity contribution in [3.8, 4) is 0 Å². The molecule has 1 fully saturated rings. The van der Waals surface area contributed by atoms with E-state index in [0.717, 1.165) is 25.2 Å². The van der Waals surface area contributed by atoms with Crippen LogP contribution in [0.3, 0.4) is 0 Å². The highest BCUT2D eigenvalue weighted by molar-refractivity contribution is 5.92. The van der Waals surface area contributed by atoms with Crippen LogP contribution >= 0.6 is 12.4 Å². The molecule has 1 aliphatic rings. The molecule has 2 N–H and O–H groups in total. The van der Waals surface area contributed by atoms with Gasteiger partial charge in [-0.05, 0) is 38.8 Å². The van der Waals surface area contributed by atoms with E-state index in [-0.39, 0.29) is 18.3 Å². The zero-order valence-electron chi connectivity index (χ0n) is 10.9. The first-order valence-electron chi connectivity index (χ1n) is 6.19. The average Bonchev–Trinajstić information content (AvgIpc) is 2.88. The van der Waals surface area contributed by atoms with Crippen molar-refractivity contribution in [2.24, 2.45) is 7.05 Å². The summed E-state index contributed by atoms with van der Waals surface area (Å²) in [6.45, 7) is 3.72. The summed E-state index contributed by atoms with van der Waals surface area (Å²) in [4.78, 5) is 11.9. The van der Waals surface area contributed by atoms with Gasteiger partial charge >= 0.3 is 0 Å². The van der Waals surface area contributed by atoms with Crippen LogP contribution in [-0.4, -0.2) is 34.8 Å². The summed E-state index contributed by atoms with van der Waals surface area (Å²) in [6.07, 6.45) is 3.48. The Kier molecular flexibility index (Phi) is 5.62. The summed E-state index contributed by atoms with van der Waals surface area (Å²) >= 11 is 0. The fraction of sp³-hybridized carbons (Fsp3) is 0.667. The molecule has 2 heterocycles. The molecule has 0 spiro atoms. The van der Waals surface area contributed by atoms with Crippen LogP contribution in [0.2, 0.25) is 0 Å². The average molecular weight is 273 g/mol. The van der Waals surface area contributed by atoms with Crippen LogP contribution in [0.15, 0.2) is 6.07 Å². The lowest BCUT2D eigenvalue weighted by Gasteiger charge is -2.10. The lowest BCUT2D eigenvalue weighted by Crippen LogP contribution is -2.31. The maximum Gasteiger partial charge on any atom is 0.269 e. The highest BCUT2D eigenvalue weighted by atomic mass is 35.5. The van der Waals surface area contributed by atoms with Crippen LogP contribution in [0.5, 0.6) is 0 Å². The van der Waals surface area contributed by atoms with E-state index in [1.54, 1.807) is 11.7 Å². The predicted octanol–water partition coefficient (Wildman–Crippen LogP) is 1.02. The molecule has 1 amide bonds. The predicted molar refractivity (Wildman–Crippen MR) is 73.2 cm³/mol. The van der Waals surface area contributed by atoms with Crippen LogP contribution in [0.25, 0.3) is 0 Å². The van der Waals surface area contributed by atoms with Gasteiger partial charge in [-0.25, -0.2) is 0 Å². The maximum atomic E-state index is 11.9. The molecule has 1 aliphatic heterocycles. The molecule has 0 unspecified atom stereocenters. The second kappa shape index (κ2) is 6.75. The topological polar surface area (TPSA) is 59.0 Å². The van der Waals surface area contributed by atoms with Crippen LogP contribution in [0.1, 0.15) is 35.4 Å². The zero-order chi connectivity index (χ0) is 12.3. The quantitative estimate of drug-likeness (QED) is 0.861. The number of carbonyl (C=O) groups excluding carboxylic acids is 1. The molecule has 1 aromatic rings. The number of hydrogen-bond donors (Lipinski definition) is 2. The third-order valence-electron chi connectivity index (χ3n) is 3.18. The molecule has 0 bridgehead atoms. The molecule has 6 heteroatoms. The van der Waals surface area contributed by atoms with E-state index in [9.17, 15) is 4.79 Å². The summed E-state index contributed by atoms with van der Waals surface area (Å²) in [5.41, 5.74) is 1.50. The first-order chi connectivity index (χ1) is 8.16. The van der Waals surface area contributed by atoms with Crippen molar-refractivity contribution in [2.45, 2.75) is 32.2 Å². The van der Waals surface area contributed by atoms with E-state index in [1.807, 2.05) is 13.0 Å². The Morgan fingerprint density at radius 2 is 2.44 bits per heavy atom. The second-order valence-electron chi connectivity index (χ2n) is 4.63. The van der Waals surface area contributed by atoms with Gasteiger partial charge in [0.25, 0.3) is 5.91 Å². The molecule has 18 heavy (non-hydrogen) atoms. The normalized spacial score (nSPS) is 18.4. The number of amides is 1. The standard InChI is InChI=1S/C12H20N4O.ClH/c1-9-8-11(16(2)15-9)12(17)14-7-5-10-4-3-6-13-10;/h8,10,13H,3-7H2,1-2H3,(H,14,17);1H/t10-;/m1./s1. The minimum Gasteiger partial charge on any atom is -0.351 e. The molecule has 0 aromatic carbocycles. The van der Waals surface area contributed by atoms with Gasteiger partial charge in [-0.15, -0.1) is 12.4 Å². The third-order valence-corrected chi connectivity index (χ3v) is 3.18. The number of aromatic nitrogens is 2. The number of nitrogens with zero attached hydrogens (tertiary/aromatic N) is 2. The molecular formula is C12H21ClN4O. The fourth-order valence-corrected chi connectivity index (χ4v) is 2.28. The lowest BCUT2D eigenvalue weighted by atomic mass is 10.1. The van der Waals surface area contributed by atoms with Crippen LogP contribution in [0.4, 0.5) is 0 Å². The van der Waals surface area contributed by atoms with Gasteiger partial charge in [0.1, 0.15) is 5.69 Å². The van der Waals surface area contributed by atoms with E-state index in [0.29, 0.717) is 11.7 Å². The van der Waals surface area contributed by atoms with Gasteiger partial charge in [-0.2, -0.15) is 5.10 Å². The number of rotatable bonds is 4. The Morgan fingerprint density at radius 1 is 1.67 bits per heavy atom. The molecule has 5 nitrogen and oxygen atoms in total. The summed E-state index contributed by atoms with van der Waals surface area (Å²) in [5.74, 6) is -0.0360. The van der Waals surface area contributed by atoms with Gasteiger partial charge in [-0.1, -0.05) is 0 Å². The van der Waals surface area contributed by atoms with Gasteiger partial charge in [0.15, 0.2) is 0 Å². The van der Waals surface area contributed by atoms with Gasteiger partial charge in [0, 0.05) is 19.6 Å². The highest BCUT2D eigenvalue weighted by Crippen LogP contribution is 2.08. The first kappa shape index (κ1) is 15.0. The third kappa shape index (κ3) is 3.71. The van der Waals surface area contributed by atoms with Crippen molar-refractivity contribution in [3.05, 3.63) is 17.5 Å². The summed E-state index contributed by atoms with van der Waals surface area (Å²) in [5, 5.41) is 10.5. The van der Waals surface area contributed by atoms with Crippen molar-refractivity contribution in [1.29, 1.82) is 0 Å². The number of halogens is 1. The first-order valence-corrected chi connectivity index (χ1v) is 6.19. The fourth-order valence-electron chi connectivity index (χ4n) is 2.28. The van der Waals surface area contributed by atoms with Crippen molar-refractivity contribution >= 4 is 18.3 Å². The molecule has 0 radical (unpaired) electrons. The van der Waals surface area contributed by atoms with Gasteiger partial charge in [-0.3, -0.25) is 9.48 Å². The van der Waals surface area contributed by atoms with Gasteiger partial charge < -0.3 is 10.6 Å². The Labute approximate surface area is 114 Å². The molecule has 102 valence electrons. The highest BCUT2D eigenvalue weighted by Gasteiger charge is 2.15. The summed E-state index contributed by atoms with van der Waals surface area (Å²) in [6, 6.07) is 2.38. The number of aryl methyl sites for hydroxylation is 2. The smallest absolute Gasteiger partial charge is 0.269 e. The Bertz CT molecular complexity index is 399. The summed E-state index contributed by atoms with van der Waals surface area (Å²) < 4.78 is 1.62. The van der Waals surface area contributed by atoms with Crippen molar-refractivity contribution in [1.82, 2.24) is 20.4 Å². The Balaban J connectivity index is 0.00000162. The monoisotopic (exact) mass is 272 g/mol. The number of hydrogen-bond acceptors (Lipinski definition) is 3. The van der Waals surface area contributed by atoms with Crippen molar-refractivity contribution in [2.75, 3.05) is 13.1 Å². The van der Waals surface area contributed by atoms with E-state index in [4.69, 9.17) is 0 Å². The van der Waals surface area contributed by atoms with Crippen molar-refractivity contribution < 1.29 is 4.79 Å². The molecule has 1 atom stereocenters. The number of carbonyl (C=O) groups is 1. The molecule has 1 saturated heterocycles.